The lowest BCUT2D eigenvalue weighted by Crippen LogP contribution is -2.25. The number of carbonyl (C=O) groups excluding carboxylic acids is 1. The van der Waals surface area contributed by atoms with Gasteiger partial charge < -0.3 is 10.1 Å². The van der Waals surface area contributed by atoms with Crippen LogP contribution in [0.15, 0.2) is 53.4 Å². The molecule has 25 heavy (non-hydrogen) atoms. The van der Waals surface area contributed by atoms with Crippen LogP contribution in [0.2, 0.25) is 0 Å². The Balaban J connectivity index is 2.08. The maximum atomic E-state index is 12.3. The van der Waals surface area contributed by atoms with Gasteiger partial charge in [0.2, 0.25) is 10.0 Å². The van der Waals surface area contributed by atoms with E-state index >= 15 is 0 Å². The molecule has 1 amide bonds. The van der Waals surface area contributed by atoms with Crippen molar-refractivity contribution in [2.45, 2.75) is 18.2 Å². The third-order valence-electron chi connectivity index (χ3n) is 3.61. The second-order valence-electron chi connectivity index (χ2n) is 5.54. The molecule has 2 aromatic rings. The van der Waals surface area contributed by atoms with Crippen molar-refractivity contribution in [3.63, 3.8) is 0 Å². The van der Waals surface area contributed by atoms with Gasteiger partial charge in [-0.2, -0.15) is 0 Å². The first kappa shape index (κ1) is 19.1. The van der Waals surface area contributed by atoms with Crippen LogP contribution in [-0.2, 0) is 14.8 Å². The van der Waals surface area contributed by atoms with Gasteiger partial charge in [-0.25, -0.2) is 13.1 Å². The average Bonchev–Trinajstić information content (AvgIpc) is 2.61. The van der Waals surface area contributed by atoms with Crippen molar-refractivity contribution in [1.29, 1.82) is 0 Å². The first-order valence-corrected chi connectivity index (χ1v) is 9.38. The van der Waals surface area contributed by atoms with E-state index in [9.17, 15) is 13.2 Å². The Morgan fingerprint density at radius 1 is 1.12 bits per heavy atom. The minimum Gasteiger partial charge on any atom is -0.385 e. The molecule has 0 fully saturated rings. The number of benzene rings is 2. The van der Waals surface area contributed by atoms with Crippen LogP contribution in [0.1, 0.15) is 22.3 Å². The van der Waals surface area contributed by atoms with Crippen molar-refractivity contribution in [3.05, 3.63) is 59.7 Å². The minimum absolute atomic E-state index is 0.167. The predicted molar refractivity (Wildman–Crippen MR) is 97.3 cm³/mol. The third kappa shape index (κ3) is 5.38. The highest BCUT2D eigenvalue weighted by Crippen LogP contribution is 2.20. The standard InChI is InChI=1S/C18H22N2O4S/c1-14-13-16(25(22,23)19-11-6-12-24-2)9-10-17(14)20-18(21)15-7-4-3-5-8-15/h3-5,7-10,13,19H,6,11-12H2,1-2H3,(H,20,21). The number of ether oxygens (including phenoxy) is 1. The van der Waals surface area contributed by atoms with Crippen LogP contribution in [0.5, 0.6) is 0 Å². The van der Waals surface area contributed by atoms with Crippen LogP contribution in [0.3, 0.4) is 0 Å². The first-order valence-electron chi connectivity index (χ1n) is 7.89. The van der Waals surface area contributed by atoms with Gasteiger partial charge in [0.15, 0.2) is 0 Å². The molecule has 7 heteroatoms. The molecule has 0 aliphatic heterocycles. The summed E-state index contributed by atoms with van der Waals surface area (Å²) in [4.78, 5) is 12.4. The summed E-state index contributed by atoms with van der Waals surface area (Å²) in [5, 5.41) is 2.79. The van der Waals surface area contributed by atoms with Gasteiger partial charge in [0, 0.05) is 31.5 Å². The summed E-state index contributed by atoms with van der Waals surface area (Å²) in [6.07, 6.45) is 0.597. The zero-order valence-electron chi connectivity index (χ0n) is 14.3. The number of carbonyl (C=O) groups is 1. The van der Waals surface area contributed by atoms with E-state index in [1.54, 1.807) is 50.4 Å². The number of aryl methyl sites for hydroxylation is 1. The molecule has 0 radical (unpaired) electrons. The Kier molecular flexibility index (Phi) is 6.69. The van der Waals surface area contributed by atoms with Crippen LogP contribution in [0.25, 0.3) is 0 Å². The maximum Gasteiger partial charge on any atom is 0.255 e. The van der Waals surface area contributed by atoms with Crippen LogP contribution in [-0.4, -0.2) is 34.6 Å². The fourth-order valence-corrected chi connectivity index (χ4v) is 3.39. The van der Waals surface area contributed by atoms with Crippen LogP contribution < -0.4 is 10.0 Å². The Bertz CT molecular complexity index is 820. The largest absolute Gasteiger partial charge is 0.385 e. The Hall–Kier alpha value is -2.22. The van der Waals surface area contributed by atoms with Crippen LogP contribution in [0.4, 0.5) is 5.69 Å². The zero-order valence-corrected chi connectivity index (χ0v) is 15.1. The highest BCUT2D eigenvalue weighted by atomic mass is 32.2. The number of hydrogen-bond acceptors (Lipinski definition) is 4. The monoisotopic (exact) mass is 362 g/mol. The SMILES string of the molecule is COCCCNS(=O)(=O)c1ccc(NC(=O)c2ccccc2)c(C)c1. The van der Waals surface area contributed by atoms with Gasteiger partial charge in [-0.05, 0) is 49.2 Å². The van der Waals surface area contributed by atoms with E-state index in [-0.39, 0.29) is 10.8 Å². The summed E-state index contributed by atoms with van der Waals surface area (Å²) in [6, 6.07) is 13.5. The summed E-state index contributed by atoms with van der Waals surface area (Å²) in [5.41, 5.74) is 1.79. The van der Waals surface area contributed by atoms with E-state index in [4.69, 9.17) is 4.74 Å². The van der Waals surface area contributed by atoms with E-state index < -0.39 is 10.0 Å². The van der Waals surface area contributed by atoms with Gasteiger partial charge >= 0.3 is 0 Å². The molecule has 134 valence electrons. The lowest BCUT2D eigenvalue weighted by atomic mass is 10.1. The highest BCUT2D eigenvalue weighted by molar-refractivity contribution is 7.89. The van der Waals surface area contributed by atoms with Gasteiger partial charge in [-0.1, -0.05) is 18.2 Å². The Morgan fingerprint density at radius 3 is 2.48 bits per heavy atom. The number of nitrogens with one attached hydrogen (secondary N) is 2. The average molecular weight is 362 g/mol. The van der Waals surface area contributed by atoms with E-state index in [0.29, 0.717) is 36.4 Å². The molecule has 6 nitrogen and oxygen atoms in total. The molecule has 0 bridgehead atoms. The van der Waals surface area contributed by atoms with Crippen molar-refractivity contribution >= 4 is 21.6 Å². The van der Waals surface area contributed by atoms with Gasteiger partial charge in [0.25, 0.3) is 5.91 Å². The second kappa shape index (κ2) is 8.75. The summed E-state index contributed by atoms with van der Waals surface area (Å²) < 4.78 is 32.0. The molecule has 0 aliphatic rings. The second-order valence-corrected chi connectivity index (χ2v) is 7.31. The number of anilines is 1. The summed E-state index contributed by atoms with van der Waals surface area (Å²) in [7, 11) is -2.01. The smallest absolute Gasteiger partial charge is 0.255 e. The summed E-state index contributed by atoms with van der Waals surface area (Å²) >= 11 is 0. The van der Waals surface area contributed by atoms with E-state index in [1.807, 2.05) is 6.07 Å². The molecule has 0 aliphatic carbocycles. The number of amides is 1. The van der Waals surface area contributed by atoms with E-state index in [0.717, 1.165) is 0 Å². The van der Waals surface area contributed by atoms with Gasteiger partial charge in [-0.3, -0.25) is 4.79 Å². The first-order chi connectivity index (χ1) is 11.9. The van der Waals surface area contributed by atoms with Crippen molar-refractivity contribution in [2.75, 3.05) is 25.6 Å². The minimum atomic E-state index is -3.58. The van der Waals surface area contributed by atoms with Crippen molar-refractivity contribution in [2.24, 2.45) is 0 Å². The molecule has 0 saturated heterocycles. The lowest BCUT2D eigenvalue weighted by molar-refractivity contribution is 0.102. The molecule has 0 unspecified atom stereocenters. The van der Waals surface area contributed by atoms with Crippen molar-refractivity contribution in [1.82, 2.24) is 4.72 Å². The molecule has 2 rings (SSSR count). The quantitative estimate of drug-likeness (QED) is 0.707. The molecule has 2 N–H and O–H groups in total. The van der Waals surface area contributed by atoms with Gasteiger partial charge in [0.1, 0.15) is 0 Å². The van der Waals surface area contributed by atoms with Crippen molar-refractivity contribution in [3.8, 4) is 0 Å². The molecule has 0 aromatic heterocycles. The van der Waals surface area contributed by atoms with Crippen LogP contribution in [0, 0.1) is 6.92 Å². The Morgan fingerprint density at radius 2 is 1.84 bits per heavy atom. The molecule has 0 spiro atoms. The van der Waals surface area contributed by atoms with Crippen LogP contribution >= 0.6 is 0 Å². The fraction of sp³-hybridized carbons (Fsp3) is 0.278. The summed E-state index contributed by atoms with van der Waals surface area (Å²) in [6.45, 7) is 2.55. The number of methoxy groups -OCH3 is 1. The van der Waals surface area contributed by atoms with Crippen molar-refractivity contribution < 1.29 is 17.9 Å². The molecule has 0 heterocycles. The lowest BCUT2D eigenvalue weighted by Gasteiger charge is -2.11. The molecule has 2 aromatic carbocycles. The normalized spacial score (nSPS) is 11.3. The van der Waals surface area contributed by atoms with Gasteiger partial charge in [0.05, 0.1) is 4.90 Å². The molecule has 0 atom stereocenters. The predicted octanol–water partition coefficient (Wildman–Crippen LogP) is 2.56. The highest BCUT2D eigenvalue weighted by Gasteiger charge is 2.15. The number of hydrogen-bond donors (Lipinski definition) is 2. The summed E-state index contributed by atoms with van der Waals surface area (Å²) in [5.74, 6) is -0.239. The molecular formula is C18H22N2O4S. The number of sulfonamides is 1. The van der Waals surface area contributed by atoms with Gasteiger partial charge in [-0.15, -0.1) is 0 Å². The van der Waals surface area contributed by atoms with E-state index in [2.05, 4.69) is 10.0 Å². The molecular weight excluding hydrogens is 340 g/mol. The topological polar surface area (TPSA) is 84.5 Å². The zero-order chi connectivity index (χ0) is 18.3. The third-order valence-corrected chi connectivity index (χ3v) is 5.07. The van der Waals surface area contributed by atoms with E-state index in [1.165, 1.54) is 6.07 Å². The maximum absolute atomic E-state index is 12.3. The number of rotatable bonds is 8. The fourth-order valence-electron chi connectivity index (χ4n) is 2.23. The molecule has 0 saturated carbocycles. The Labute approximate surface area is 148 Å².